The number of nitrogens with one attached hydrogen (secondary N) is 1. The Morgan fingerprint density at radius 3 is 2.55 bits per heavy atom. The molecule has 2 amide bonds. The predicted molar refractivity (Wildman–Crippen MR) is 74.3 cm³/mol. The van der Waals surface area contributed by atoms with Gasteiger partial charge in [-0.05, 0) is 19.3 Å². The summed E-state index contributed by atoms with van der Waals surface area (Å²) in [5.74, 6) is -1.14. The van der Waals surface area contributed by atoms with Crippen LogP contribution in [0.4, 0.5) is 4.79 Å². The first-order chi connectivity index (χ1) is 9.23. The lowest BCUT2D eigenvalue weighted by atomic mass is 9.91. The van der Waals surface area contributed by atoms with E-state index in [0.29, 0.717) is 32.2 Å². The lowest BCUT2D eigenvalue weighted by molar-refractivity contribution is -0.148. The van der Waals surface area contributed by atoms with E-state index in [-0.39, 0.29) is 12.3 Å². The number of sulfone groups is 1. The van der Waals surface area contributed by atoms with Gasteiger partial charge >= 0.3 is 12.0 Å². The van der Waals surface area contributed by atoms with Crippen molar-refractivity contribution in [3.8, 4) is 0 Å². The summed E-state index contributed by atoms with van der Waals surface area (Å²) in [5, 5.41) is 11.9. The summed E-state index contributed by atoms with van der Waals surface area (Å²) in [5.41, 5.74) is -1.15. The number of carbonyl (C=O) groups is 2. The Hall–Kier alpha value is -1.31. The van der Waals surface area contributed by atoms with Gasteiger partial charge in [-0.25, -0.2) is 18.0 Å². The molecule has 0 saturated carbocycles. The molecule has 1 heterocycles. The summed E-state index contributed by atoms with van der Waals surface area (Å²) in [6.45, 7) is 2.26. The molecule has 0 radical (unpaired) electrons. The minimum absolute atomic E-state index is 0.00398. The number of carboxylic acid groups (broad SMARTS) is 1. The van der Waals surface area contributed by atoms with E-state index in [4.69, 9.17) is 0 Å². The van der Waals surface area contributed by atoms with E-state index in [9.17, 15) is 23.1 Å². The van der Waals surface area contributed by atoms with E-state index >= 15 is 0 Å². The highest BCUT2D eigenvalue weighted by Crippen LogP contribution is 2.33. The number of urea groups is 1. The van der Waals surface area contributed by atoms with Crippen molar-refractivity contribution >= 4 is 21.8 Å². The summed E-state index contributed by atoms with van der Waals surface area (Å²) >= 11 is 0. The molecule has 116 valence electrons. The van der Waals surface area contributed by atoms with Crippen LogP contribution in [0, 0.1) is 0 Å². The smallest absolute Gasteiger partial charge is 0.329 e. The Morgan fingerprint density at radius 2 is 2.05 bits per heavy atom. The highest BCUT2D eigenvalue weighted by molar-refractivity contribution is 7.90. The molecular weight excluding hydrogens is 284 g/mol. The van der Waals surface area contributed by atoms with Crippen LogP contribution < -0.4 is 5.32 Å². The lowest BCUT2D eigenvalue weighted by Gasteiger charge is -2.34. The standard InChI is InChI=1S/C12H22N2O5S/c1-3-5-12(10(15)16)6-4-8-14(12)11(17)13-7-9-20(2,18)19/h3-9H2,1-2H3,(H,13,17)(H,15,16). The zero-order valence-electron chi connectivity index (χ0n) is 11.9. The molecule has 1 saturated heterocycles. The molecular formula is C12H22N2O5S. The molecule has 1 aliphatic heterocycles. The average Bonchev–Trinajstić information content (AvgIpc) is 2.72. The van der Waals surface area contributed by atoms with Gasteiger partial charge in [0.15, 0.2) is 0 Å². The van der Waals surface area contributed by atoms with Crippen molar-refractivity contribution < 1.29 is 23.1 Å². The monoisotopic (exact) mass is 306 g/mol. The minimum atomic E-state index is -3.15. The predicted octanol–water partition coefficient (Wildman–Crippen LogP) is 0.460. The van der Waals surface area contributed by atoms with Crippen LogP contribution in [0.2, 0.25) is 0 Å². The first-order valence-electron chi connectivity index (χ1n) is 6.69. The summed E-state index contributed by atoms with van der Waals surface area (Å²) in [6, 6.07) is -0.498. The number of aliphatic carboxylic acids is 1. The maximum atomic E-state index is 12.1. The third kappa shape index (κ3) is 3.84. The molecule has 1 fully saturated rings. The highest BCUT2D eigenvalue weighted by Gasteiger charge is 2.49. The average molecular weight is 306 g/mol. The van der Waals surface area contributed by atoms with Crippen molar-refractivity contribution in [1.82, 2.24) is 10.2 Å². The second kappa shape index (κ2) is 6.43. The van der Waals surface area contributed by atoms with Crippen LogP contribution in [0.5, 0.6) is 0 Å². The Kier molecular flexibility index (Phi) is 5.38. The molecule has 7 nitrogen and oxygen atoms in total. The zero-order valence-corrected chi connectivity index (χ0v) is 12.7. The zero-order chi connectivity index (χ0) is 15.4. The third-order valence-corrected chi connectivity index (χ3v) is 4.49. The normalized spacial score (nSPS) is 22.8. The van der Waals surface area contributed by atoms with Gasteiger partial charge in [-0.15, -0.1) is 0 Å². The number of likely N-dealkylation sites (tertiary alicyclic amines) is 1. The quantitative estimate of drug-likeness (QED) is 0.742. The van der Waals surface area contributed by atoms with Crippen molar-refractivity contribution in [1.29, 1.82) is 0 Å². The summed E-state index contributed by atoms with van der Waals surface area (Å²) < 4.78 is 22.0. The van der Waals surface area contributed by atoms with E-state index < -0.39 is 27.4 Å². The third-order valence-electron chi connectivity index (χ3n) is 3.54. The van der Waals surface area contributed by atoms with Crippen molar-refractivity contribution in [3.05, 3.63) is 0 Å². The van der Waals surface area contributed by atoms with Crippen LogP contribution in [0.25, 0.3) is 0 Å². The van der Waals surface area contributed by atoms with Crippen LogP contribution in [0.15, 0.2) is 0 Å². The molecule has 2 N–H and O–H groups in total. The van der Waals surface area contributed by atoms with Gasteiger partial charge < -0.3 is 15.3 Å². The summed E-state index contributed by atoms with van der Waals surface area (Å²) in [7, 11) is -3.15. The lowest BCUT2D eigenvalue weighted by Crippen LogP contribution is -2.56. The van der Waals surface area contributed by atoms with Crippen molar-refractivity contribution in [3.63, 3.8) is 0 Å². The molecule has 1 rings (SSSR count). The first kappa shape index (κ1) is 16.7. The van der Waals surface area contributed by atoms with E-state index in [2.05, 4.69) is 5.32 Å². The van der Waals surface area contributed by atoms with Gasteiger partial charge in [0.05, 0.1) is 5.75 Å². The molecule has 0 aliphatic carbocycles. The van der Waals surface area contributed by atoms with Gasteiger partial charge in [-0.1, -0.05) is 13.3 Å². The number of nitrogens with zero attached hydrogens (tertiary/aromatic N) is 1. The van der Waals surface area contributed by atoms with Gasteiger partial charge in [-0.3, -0.25) is 0 Å². The van der Waals surface area contributed by atoms with Crippen molar-refractivity contribution in [2.75, 3.05) is 25.1 Å². The number of rotatable bonds is 6. The van der Waals surface area contributed by atoms with Gasteiger partial charge in [0.1, 0.15) is 15.4 Å². The van der Waals surface area contributed by atoms with E-state index in [1.165, 1.54) is 4.90 Å². The van der Waals surface area contributed by atoms with Crippen molar-refractivity contribution in [2.24, 2.45) is 0 Å². The number of carbonyl (C=O) groups excluding carboxylic acids is 1. The van der Waals surface area contributed by atoms with Crippen LogP contribution in [-0.4, -0.2) is 61.1 Å². The van der Waals surface area contributed by atoms with Crippen LogP contribution >= 0.6 is 0 Å². The fourth-order valence-electron chi connectivity index (χ4n) is 2.62. The minimum Gasteiger partial charge on any atom is -0.479 e. The fraction of sp³-hybridized carbons (Fsp3) is 0.833. The molecule has 0 aromatic carbocycles. The summed E-state index contributed by atoms with van der Waals surface area (Å²) in [4.78, 5) is 25.0. The second-order valence-corrected chi connectivity index (χ2v) is 7.46. The Morgan fingerprint density at radius 1 is 1.40 bits per heavy atom. The topological polar surface area (TPSA) is 104 Å². The van der Waals surface area contributed by atoms with Gasteiger partial charge in [0.25, 0.3) is 0 Å². The van der Waals surface area contributed by atoms with Crippen molar-refractivity contribution in [2.45, 2.75) is 38.1 Å². The maximum Gasteiger partial charge on any atom is 0.329 e. The Bertz CT molecular complexity index is 476. The SMILES string of the molecule is CCCC1(C(=O)O)CCCN1C(=O)NCCS(C)(=O)=O. The molecule has 1 atom stereocenters. The molecule has 0 aromatic rings. The highest BCUT2D eigenvalue weighted by atomic mass is 32.2. The van der Waals surface area contributed by atoms with E-state index in [0.717, 1.165) is 6.26 Å². The molecule has 1 aliphatic rings. The van der Waals surface area contributed by atoms with Gasteiger partial charge in [-0.2, -0.15) is 0 Å². The van der Waals surface area contributed by atoms with Gasteiger partial charge in [0.2, 0.25) is 0 Å². The fourth-order valence-corrected chi connectivity index (χ4v) is 3.09. The second-order valence-electron chi connectivity index (χ2n) is 5.20. The molecule has 0 spiro atoms. The number of carboxylic acids is 1. The number of hydrogen-bond acceptors (Lipinski definition) is 4. The molecule has 1 unspecified atom stereocenters. The van der Waals surface area contributed by atoms with E-state index in [1.807, 2.05) is 6.92 Å². The van der Waals surface area contributed by atoms with Crippen LogP contribution in [0.1, 0.15) is 32.6 Å². The molecule has 0 aromatic heterocycles. The van der Waals surface area contributed by atoms with Gasteiger partial charge in [0, 0.05) is 19.3 Å². The molecule has 20 heavy (non-hydrogen) atoms. The van der Waals surface area contributed by atoms with Crippen LogP contribution in [0.3, 0.4) is 0 Å². The molecule has 8 heteroatoms. The Labute approximate surface area is 119 Å². The Balaban J connectivity index is 2.72. The maximum absolute atomic E-state index is 12.1. The largest absolute Gasteiger partial charge is 0.479 e. The summed E-state index contributed by atoms with van der Waals surface area (Å²) in [6.07, 6.45) is 3.25. The van der Waals surface area contributed by atoms with E-state index in [1.54, 1.807) is 0 Å². The number of hydrogen-bond donors (Lipinski definition) is 2. The first-order valence-corrected chi connectivity index (χ1v) is 8.75. The van der Waals surface area contributed by atoms with Crippen LogP contribution in [-0.2, 0) is 14.6 Å². The number of amides is 2. The molecule has 0 bridgehead atoms.